The molecule has 1 rings (SSSR count). The molecule has 1 fully saturated rings. The molecule has 0 radical (unpaired) electrons. The average Bonchev–Trinajstić information content (AvgIpc) is 2.77. The summed E-state index contributed by atoms with van der Waals surface area (Å²) in [5, 5.41) is 3.85. The molecule has 1 aliphatic rings. The van der Waals surface area contributed by atoms with Gasteiger partial charge < -0.3 is 5.32 Å². The Kier molecular flexibility index (Phi) is 6.54. The van der Waals surface area contributed by atoms with Gasteiger partial charge in [0, 0.05) is 6.04 Å². The van der Waals surface area contributed by atoms with E-state index in [1.807, 2.05) is 0 Å². The molecule has 0 aromatic rings. The fraction of sp³-hybridized carbons (Fsp3) is 1.00. The van der Waals surface area contributed by atoms with E-state index in [0.717, 1.165) is 12.0 Å². The molecule has 1 nitrogen and oxygen atoms in total. The van der Waals surface area contributed by atoms with E-state index in [-0.39, 0.29) is 0 Å². The van der Waals surface area contributed by atoms with E-state index < -0.39 is 0 Å². The molecule has 1 aliphatic carbocycles. The van der Waals surface area contributed by atoms with Crippen molar-refractivity contribution in [2.75, 3.05) is 6.54 Å². The molecule has 1 heteroatoms. The minimum Gasteiger partial charge on any atom is -0.313 e. The SMILES string of the molecule is CCCNC(CC(CC)CC)C1(C)CCCC1. The minimum atomic E-state index is 0.581. The van der Waals surface area contributed by atoms with E-state index in [0.29, 0.717) is 5.41 Å². The van der Waals surface area contributed by atoms with Crippen LogP contribution in [-0.4, -0.2) is 12.6 Å². The molecule has 0 amide bonds. The number of nitrogens with one attached hydrogen (secondary N) is 1. The number of hydrogen-bond donors (Lipinski definition) is 1. The van der Waals surface area contributed by atoms with Crippen LogP contribution in [0.2, 0.25) is 0 Å². The molecular formula is C16H33N. The van der Waals surface area contributed by atoms with E-state index in [2.05, 4.69) is 33.0 Å². The molecule has 0 heterocycles. The van der Waals surface area contributed by atoms with Crippen molar-refractivity contribution >= 4 is 0 Å². The lowest BCUT2D eigenvalue weighted by atomic mass is 9.75. The van der Waals surface area contributed by atoms with Crippen LogP contribution in [-0.2, 0) is 0 Å². The highest BCUT2D eigenvalue weighted by molar-refractivity contribution is 4.92. The van der Waals surface area contributed by atoms with Crippen molar-refractivity contribution in [3.8, 4) is 0 Å². The van der Waals surface area contributed by atoms with Crippen LogP contribution in [0.15, 0.2) is 0 Å². The summed E-state index contributed by atoms with van der Waals surface area (Å²) in [6.07, 6.45) is 11.1. The summed E-state index contributed by atoms with van der Waals surface area (Å²) in [6, 6.07) is 0.759. The molecule has 1 unspecified atom stereocenters. The number of rotatable bonds is 8. The van der Waals surface area contributed by atoms with E-state index in [1.54, 1.807) is 0 Å². The topological polar surface area (TPSA) is 12.0 Å². The van der Waals surface area contributed by atoms with Gasteiger partial charge in [-0.25, -0.2) is 0 Å². The predicted octanol–water partition coefficient (Wildman–Crippen LogP) is 4.76. The van der Waals surface area contributed by atoms with Gasteiger partial charge in [0.25, 0.3) is 0 Å². The maximum absolute atomic E-state index is 3.85. The summed E-state index contributed by atoms with van der Waals surface area (Å²) < 4.78 is 0. The van der Waals surface area contributed by atoms with Crippen LogP contribution in [0.25, 0.3) is 0 Å². The van der Waals surface area contributed by atoms with Crippen molar-refractivity contribution in [2.45, 2.75) is 85.1 Å². The molecule has 0 spiro atoms. The van der Waals surface area contributed by atoms with Crippen LogP contribution < -0.4 is 5.32 Å². The highest BCUT2D eigenvalue weighted by Crippen LogP contribution is 2.42. The first-order valence-corrected chi connectivity index (χ1v) is 7.89. The first-order chi connectivity index (χ1) is 8.16. The first-order valence-electron chi connectivity index (χ1n) is 7.89. The van der Waals surface area contributed by atoms with E-state index >= 15 is 0 Å². The second-order valence-corrected chi connectivity index (χ2v) is 6.29. The van der Waals surface area contributed by atoms with E-state index in [4.69, 9.17) is 0 Å². The predicted molar refractivity (Wildman–Crippen MR) is 77.3 cm³/mol. The zero-order valence-corrected chi connectivity index (χ0v) is 12.5. The van der Waals surface area contributed by atoms with Crippen LogP contribution >= 0.6 is 0 Å². The Labute approximate surface area is 109 Å². The molecule has 0 aliphatic heterocycles. The number of hydrogen-bond acceptors (Lipinski definition) is 1. The molecular weight excluding hydrogens is 206 g/mol. The third-order valence-electron chi connectivity index (χ3n) is 4.95. The smallest absolute Gasteiger partial charge is 0.0123 e. The van der Waals surface area contributed by atoms with Gasteiger partial charge in [-0.05, 0) is 43.6 Å². The first kappa shape index (κ1) is 15.0. The van der Waals surface area contributed by atoms with Gasteiger partial charge in [-0.1, -0.05) is 53.4 Å². The second-order valence-electron chi connectivity index (χ2n) is 6.29. The molecule has 0 aromatic heterocycles. The average molecular weight is 239 g/mol. The van der Waals surface area contributed by atoms with Gasteiger partial charge in [-0.3, -0.25) is 0 Å². The Morgan fingerprint density at radius 2 is 1.65 bits per heavy atom. The highest BCUT2D eigenvalue weighted by atomic mass is 14.9. The molecule has 1 N–H and O–H groups in total. The van der Waals surface area contributed by atoms with Crippen molar-refractivity contribution < 1.29 is 0 Å². The maximum Gasteiger partial charge on any atom is 0.0123 e. The van der Waals surface area contributed by atoms with Gasteiger partial charge >= 0.3 is 0 Å². The van der Waals surface area contributed by atoms with Gasteiger partial charge in [0.15, 0.2) is 0 Å². The van der Waals surface area contributed by atoms with Gasteiger partial charge in [-0.15, -0.1) is 0 Å². The van der Waals surface area contributed by atoms with Crippen LogP contribution in [0, 0.1) is 11.3 Å². The third-order valence-corrected chi connectivity index (χ3v) is 4.95. The summed E-state index contributed by atoms with van der Waals surface area (Å²) in [5.41, 5.74) is 0.581. The summed E-state index contributed by atoms with van der Waals surface area (Å²) in [5.74, 6) is 0.918. The summed E-state index contributed by atoms with van der Waals surface area (Å²) in [4.78, 5) is 0. The summed E-state index contributed by atoms with van der Waals surface area (Å²) in [7, 11) is 0. The molecule has 1 saturated carbocycles. The lowest BCUT2D eigenvalue weighted by molar-refractivity contribution is 0.184. The van der Waals surface area contributed by atoms with Gasteiger partial charge in [0.2, 0.25) is 0 Å². The standard InChI is InChI=1S/C16H33N/c1-5-12-17-15(13-14(6-2)7-3)16(4)10-8-9-11-16/h14-15,17H,5-13H2,1-4H3. The summed E-state index contributed by atoms with van der Waals surface area (Å²) in [6.45, 7) is 10.7. The summed E-state index contributed by atoms with van der Waals surface area (Å²) >= 11 is 0. The Morgan fingerprint density at radius 3 is 2.12 bits per heavy atom. The van der Waals surface area contributed by atoms with E-state index in [9.17, 15) is 0 Å². The van der Waals surface area contributed by atoms with Crippen molar-refractivity contribution in [1.29, 1.82) is 0 Å². The van der Waals surface area contributed by atoms with Crippen molar-refractivity contribution in [1.82, 2.24) is 5.32 Å². The lowest BCUT2D eigenvalue weighted by Crippen LogP contribution is -2.43. The van der Waals surface area contributed by atoms with Crippen LogP contribution in [0.3, 0.4) is 0 Å². The third kappa shape index (κ3) is 4.28. The van der Waals surface area contributed by atoms with Crippen molar-refractivity contribution in [2.24, 2.45) is 11.3 Å². The van der Waals surface area contributed by atoms with Gasteiger partial charge in [-0.2, -0.15) is 0 Å². The maximum atomic E-state index is 3.85. The zero-order valence-electron chi connectivity index (χ0n) is 12.5. The lowest BCUT2D eigenvalue weighted by Gasteiger charge is -2.37. The second kappa shape index (κ2) is 7.41. The Balaban J connectivity index is 2.58. The van der Waals surface area contributed by atoms with Gasteiger partial charge in [0.1, 0.15) is 0 Å². The van der Waals surface area contributed by atoms with E-state index in [1.165, 1.54) is 57.9 Å². The van der Waals surface area contributed by atoms with Crippen LogP contribution in [0.1, 0.15) is 79.1 Å². The molecule has 1 atom stereocenters. The quantitative estimate of drug-likeness (QED) is 0.644. The molecule has 17 heavy (non-hydrogen) atoms. The normalized spacial score (nSPS) is 21.0. The van der Waals surface area contributed by atoms with Crippen molar-refractivity contribution in [3.63, 3.8) is 0 Å². The Morgan fingerprint density at radius 1 is 1.06 bits per heavy atom. The fourth-order valence-corrected chi connectivity index (χ4v) is 3.42. The minimum absolute atomic E-state index is 0.581. The van der Waals surface area contributed by atoms with Crippen molar-refractivity contribution in [3.05, 3.63) is 0 Å². The van der Waals surface area contributed by atoms with Crippen LogP contribution in [0.4, 0.5) is 0 Å². The molecule has 0 bridgehead atoms. The Hall–Kier alpha value is -0.0400. The molecule has 0 saturated heterocycles. The highest BCUT2D eigenvalue weighted by Gasteiger charge is 2.37. The Bertz CT molecular complexity index is 190. The molecule has 0 aromatic carbocycles. The fourth-order valence-electron chi connectivity index (χ4n) is 3.42. The monoisotopic (exact) mass is 239 g/mol. The molecule has 102 valence electrons. The zero-order chi connectivity index (χ0) is 12.7. The van der Waals surface area contributed by atoms with Gasteiger partial charge in [0.05, 0.1) is 0 Å². The largest absolute Gasteiger partial charge is 0.313 e. The van der Waals surface area contributed by atoms with Crippen LogP contribution in [0.5, 0.6) is 0 Å².